The van der Waals surface area contributed by atoms with E-state index in [9.17, 15) is 0 Å². The molecule has 46 heavy (non-hydrogen) atoms. The lowest BCUT2D eigenvalue weighted by Gasteiger charge is -2.72. The van der Waals surface area contributed by atoms with Crippen LogP contribution in [0.1, 0.15) is 247 Å². The second-order valence-electron chi connectivity index (χ2n) is 19.6. The highest BCUT2D eigenvalue weighted by Crippen LogP contribution is 2.74. The van der Waals surface area contributed by atoms with Crippen LogP contribution in [0.3, 0.4) is 0 Å². The molecule has 0 N–H and O–H groups in total. The molecule has 4 aliphatic rings. The molecule has 0 aromatic heterocycles. The molecule has 0 heteroatoms. The maximum absolute atomic E-state index is 7.72. The third kappa shape index (κ3) is 7.24. The van der Waals surface area contributed by atoms with Gasteiger partial charge in [0.1, 0.15) is 0 Å². The molecule has 0 amide bonds. The van der Waals surface area contributed by atoms with E-state index in [2.05, 4.69) is 138 Å². The Hall–Kier alpha value is 0. The predicted molar refractivity (Wildman–Crippen MR) is 211 cm³/mol. The standard InChI is InChI=1S/C17H34.C14H28.C8H16.C7H14/c1-12-13(2,3)15(6,7)17(10,11)16(8,9)14(12,4)5;1-10-11(2,3)13(6,7)14(8,9)12(10,4)5;1-2-8-6-4-3-5-7-8;1-2-7-5-3-4-6-7/h12H,1-11H3;10H,1-9H3;8H,2-7H2,1H3;7H,2-6H2,1H3/i;;3D2,4D2,5D2,6D2,7D2;3D2,4D2,5D2,6D2. The molecule has 0 aliphatic heterocycles. The molecule has 0 heterocycles. The monoisotopic (exact) mass is 663 g/mol. The van der Waals surface area contributed by atoms with Crippen molar-refractivity contribution in [2.45, 2.75) is 223 Å². The van der Waals surface area contributed by atoms with Gasteiger partial charge in [0.15, 0.2) is 0 Å². The first-order chi connectivity index (χ1) is 27.2. The Morgan fingerprint density at radius 3 is 0.761 bits per heavy atom. The quantitative estimate of drug-likeness (QED) is 0.276. The van der Waals surface area contributed by atoms with Crippen molar-refractivity contribution in [1.82, 2.24) is 0 Å². The summed E-state index contributed by atoms with van der Waals surface area (Å²) in [5, 5.41) is 0. The summed E-state index contributed by atoms with van der Waals surface area (Å²) >= 11 is 0. The zero-order valence-electron chi connectivity index (χ0n) is 52.7. The van der Waals surface area contributed by atoms with Gasteiger partial charge >= 0.3 is 0 Å². The van der Waals surface area contributed by atoms with E-state index in [1.807, 2.05) is 0 Å². The average Bonchev–Trinajstić information content (AvgIpc) is 3.20. The highest BCUT2D eigenvalue weighted by Gasteiger charge is 2.68. The van der Waals surface area contributed by atoms with Crippen molar-refractivity contribution in [3.05, 3.63) is 0 Å². The van der Waals surface area contributed by atoms with Crippen LogP contribution in [-0.2, 0) is 0 Å². The maximum atomic E-state index is 7.72. The van der Waals surface area contributed by atoms with Crippen molar-refractivity contribution in [2.75, 3.05) is 0 Å². The lowest BCUT2D eigenvalue weighted by Crippen LogP contribution is -2.66. The van der Waals surface area contributed by atoms with Gasteiger partial charge in [-0.15, -0.1) is 0 Å². The van der Waals surface area contributed by atoms with E-state index in [0.717, 1.165) is 5.92 Å². The number of hydrogen-bond donors (Lipinski definition) is 0. The minimum Gasteiger partial charge on any atom is -0.0651 e. The summed E-state index contributed by atoms with van der Waals surface area (Å²) < 4.78 is 137. The molecular weight excluding hydrogens is 553 g/mol. The van der Waals surface area contributed by atoms with Crippen molar-refractivity contribution in [3.63, 3.8) is 0 Å². The summed E-state index contributed by atoms with van der Waals surface area (Å²) in [4.78, 5) is 0. The molecule has 4 fully saturated rings. The van der Waals surface area contributed by atoms with E-state index >= 15 is 0 Å². The maximum Gasteiger partial charge on any atom is 0.0269 e. The van der Waals surface area contributed by atoms with Crippen LogP contribution >= 0.6 is 0 Å². The smallest absolute Gasteiger partial charge is 0.0269 e. The zero-order valence-corrected chi connectivity index (χ0v) is 34.7. The van der Waals surface area contributed by atoms with Crippen LogP contribution in [-0.4, -0.2) is 0 Å². The SMILES string of the molecule is CC1C(C)(C)C(C)(C)C(C)(C)C(C)(C)C1(C)C.CC1C(C)(C)C(C)(C)C(C)(C)C1(C)C.[2H]C1([2H])C(CC)C([2H])([2H])C([2H])([2H])C([2H])([2H])C1([2H])[2H].[2H]C1([2H])C(CC)C([2H])([2H])C([2H])([2H])C1([2H])[2H]. The summed E-state index contributed by atoms with van der Waals surface area (Å²) in [6.07, 6.45) is -25.7. The Morgan fingerprint density at radius 2 is 0.565 bits per heavy atom. The molecular formula is C46H92. The Bertz CT molecular complexity index is 1560. The zero-order chi connectivity index (χ0) is 52.7. The van der Waals surface area contributed by atoms with Gasteiger partial charge in [0.25, 0.3) is 0 Å². The fraction of sp³-hybridized carbons (Fsp3) is 1.00. The van der Waals surface area contributed by atoms with Gasteiger partial charge in [0, 0.05) is 24.7 Å². The first-order valence-electron chi connectivity index (χ1n) is 27.2. The Morgan fingerprint density at radius 1 is 0.370 bits per heavy atom. The van der Waals surface area contributed by atoms with E-state index in [4.69, 9.17) is 24.7 Å². The molecule has 276 valence electrons. The molecule has 4 aliphatic carbocycles. The molecule has 0 unspecified atom stereocenters. The van der Waals surface area contributed by atoms with Crippen molar-refractivity contribution in [2.24, 2.45) is 72.4 Å². The van der Waals surface area contributed by atoms with Crippen LogP contribution in [0.15, 0.2) is 0 Å². The summed E-state index contributed by atoms with van der Waals surface area (Å²) in [6.45, 7) is 52.1. The van der Waals surface area contributed by atoms with Crippen molar-refractivity contribution in [1.29, 1.82) is 0 Å². The van der Waals surface area contributed by atoms with E-state index in [0.29, 0.717) is 54.7 Å². The average molecular weight is 663 g/mol. The van der Waals surface area contributed by atoms with Crippen LogP contribution in [0.2, 0.25) is 0 Å². The normalized spacial score (nSPS) is 45.8. The van der Waals surface area contributed by atoms with Crippen molar-refractivity contribution < 1.29 is 24.7 Å². The highest BCUT2D eigenvalue weighted by atomic mass is 14.7. The third-order valence-corrected chi connectivity index (χ3v) is 17.5. The second-order valence-corrected chi connectivity index (χ2v) is 19.6. The summed E-state index contributed by atoms with van der Waals surface area (Å²) in [5.41, 5.74) is 3.31. The van der Waals surface area contributed by atoms with Gasteiger partial charge in [-0.05, 0) is 72.4 Å². The Labute approximate surface area is 319 Å². The van der Waals surface area contributed by atoms with E-state index in [1.54, 1.807) is 0 Å². The minimum atomic E-state index is -3.27. The first-order valence-corrected chi connectivity index (χ1v) is 18.2. The molecule has 0 nitrogen and oxygen atoms in total. The Kier molecular flexibility index (Phi) is 7.26. The van der Waals surface area contributed by atoms with Gasteiger partial charge in [0.05, 0.1) is 0 Å². The van der Waals surface area contributed by atoms with Gasteiger partial charge in [-0.3, -0.25) is 0 Å². The van der Waals surface area contributed by atoms with Gasteiger partial charge in [0.2, 0.25) is 0 Å². The highest BCUT2D eigenvalue weighted by molar-refractivity contribution is 5.16. The molecule has 0 bridgehead atoms. The van der Waals surface area contributed by atoms with Crippen LogP contribution < -0.4 is 0 Å². The number of hydrogen-bond acceptors (Lipinski definition) is 0. The molecule has 0 atom stereocenters. The van der Waals surface area contributed by atoms with E-state index in [1.165, 1.54) is 13.8 Å². The Balaban J connectivity index is 0.000000429. The van der Waals surface area contributed by atoms with Gasteiger partial charge < -0.3 is 0 Å². The van der Waals surface area contributed by atoms with Crippen LogP contribution in [0, 0.1) is 72.4 Å². The lowest BCUT2D eigenvalue weighted by molar-refractivity contribution is -0.242. The third-order valence-electron chi connectivity index (χ3n) is 17.5. The largest absolute Gasteiger partial charge is 0.0651 e. The minimum absolute atomic E-state index is 0.0685. The fourth-order valence-electron chi connectivity index (χ4n) is 8.98. The van der Waals surface area contributed by atoms with Crippen LogP contribution in [0.25, 0.3) is 0 Å². The number of rotatable bonds is 2. The summed E-state index contributed by atoms with van der Waals surface area (Å²) in [5.74, 6) is -1.35. The molecule has 0 saturated heterocycles. The predicted octanol–water partition coefficient (Wildman–Crippen LogP) is 16.1. The first kappa shape index (κ1) is 22.7. The lowest BCUT2D eigenvalue weighted by atomic mass is 9.32. The molecule has 4 rings (SSSR count). The molecule has 0 aromatic rings. The molecule has 0 radical (unpaired) electrons. The summed E-state index contributed by atoms with van der Waals surface area (Å²) in [6, 6.07) is 0. The van der Waals surface area contributed by atoms with Crippen molar-refractivity contribution in [3.8, 4) is 0 Å². The van der Waals surface area contributed by atoms with Crippen LogP contribution in [0.5, 0.6) is 0 Å². The molecule has 0 aromatic carbocycles. The fourth-order valence-corrected chi connectivity index (χ4v) is 8.98. The second kappa shape index (κ2) is 14.7. The van der Waals surface area contributed by atoms with Crippen molar-refractivity contribution >= 4 is 0 Å². The molecule has 0 spiro atoms. The van der Waals surface area contributed by atoms with Gasteiger partial charge in [-0.1, -0.05) is 223 Å². The topological polar surface area (TPSA) is 0 Å². The van der Waals surface area contributed by atoms with E-state index in [-0.39, 0.29) is 12.8 Å². The van der Waals surface area contributed by atoms with Gasteiger partial charge in [-0.25, -0.2) is 0 Å². The summed E-state index contributed by atoms with van der Waals surface area (Å²) in [7, 11) is 0. The van der Waals surface area contributed by atoms with Crippen LogP contribution in [0.4, 0.5) is 0 Å². The van der Waals surface area contributed by atoms with E-state index < -0.39 is 69.2 Å². The molecule has 4 saturated carbocycles. The van der Waals surface area contributed by atoms with Gasteiger partial charge in [-0.2, -0.15) is 0 Å².